The van der Waals surface area contributed by atoms with Crippen LogP contribution in [0.5, 0.6) is 5.75 Å². The molecule has 1 heterocycles. The molecule has 0 spiro atoms. The van der Waals surface area contributed by atoms with Crippen LogP contribution in [0.3, 0.4) is 0 Å². The Labute approximate surface area is 128 Å². The Balaban J connectivity index is 2.39. The van der Waals surface area contributed by atoms with Gasteiger partial charge in [0.25, 0.3) is 0 Å². The minimum Gasteiger partial charge on any atom is -0.495 e. The predicted octanol–water partition coefficient (Wildman–Crippen LogP) is 1.62. The van der Waals surface area contributed by atoms with Crippen LogP contribution in [-0.4, -0.2) is 28.0 Å². The molecule has 112 valence electrons. The summed E-state index contributed by atoms with van der Waals surface area (Å²) in [6, 6.07) is 5.21. The van der Waals surface area contributed by atoms with Gasteiger partial charge in [0.05, 0.1) is 30.1 Å². The highest BCUT2D eigenvalue weighted by Gasteiger charge is 2.10. The molecule has 0 bridgehead atoms. The molecule has 6 nitrogen and oxygen atoms in total. The topological polar surface area (TPSA) is 75.1 Å². The van der Waals surface area contributed by atoms with Gasteiger partial charge in [-0.3, -0.25) is 0 Å². The zero-order chi connectivity index (χ0) is 15.4. The maximum absolute atomic E-state index is 12.5. The van der Waals surface area contributed by atoms with E-state index >= 15 is 0 Å². The number of ether oxygens (including phenoxy) is 1. The van der Waals surface area contributed by atoms with Crippen LogP contribution in [0.2, 0.25) is 0 Å². The molecule has 0 fully saturated rings. The van der Waals surface area contributed by atoms with Crippen LogP contribution in [0.25, 0.3) is 5.69 Å². The number of hydrogen-bond donors (Lipinski definition) is 1. The fraction of sp³-hybridized carbons (Fsp3) is 0.231. The fourth-order valence-corrected chi connectivity index (χ4v) is 2.17. The zero-order valence-electron chi connectivity index (χ0n) is 11.3. The second-order valence-electron chi connectivity index (χ2n) is 4.23. The molecule has 8 heteroatoms. The number of halogens is 2. The number of nitrogens with two attached hydrogens (primary N) is 1. The molecule has 2 rings (SSSR count). The molecule has 1 aromatic carbocycles. The molecule has 0 aliphatic heterocycles. The Hall–Kier alpha value is -1.93. The van der Waals surface area contributed by atoms with Gasteiger partial charge in [-0.15, -0.1) is 0 Å². The third-order valence-electron chi connectivity index (χ3n) is 2.92. The van der Waals surface area contributed by atoms with Crippen molar-refractivity contribution in [2.75, 3.05) is 13.7 Å². The van der Waals surface area contributed by atoms with Crippen LogP contribution < -0.4 is 16.2 Å². The first-order valence-electron chi connectivity index (χ1n) is 6.07. The third kappa shape index (κ3) is 3.22. The fourth-order valence-electron chi connectivity index (χ4n) is 1.76. The lowest BCUT2D eigenvalue weighted by Crippen LogP contribution is -2.25. The van der Waals surface area contributed by atoms with Gasteiger partial charge in [-0.25, -0.2) is 18.4 Å². The molecule has 2 N–H and O–H groups in total. The second kappa shape index (κ2) is 6.68. The first kappa shape index (κ1) is 15.5. The summed E-state index contributed by atoms with van der Waals surface area (Å²) in [4.78, 5) is 12.2. The maximum Gasteiger partial charge on any atom is 0.350 e. The van der Waals surface area contributed by atoms with Crippen molar-refractivity contribution in [2.24, 2.45) is 5.73 Å². The Morgan fingerprint density at radius 3 is 2.95 bits per heavy atom. The molecule has 21 heavy (non-hydrogen) atoms. The van der Waals surface area contributed by atoms with Crippen molar-refractivity contribution in [1.82, 2.24) is 14.3 Å². The van der Waals surface area contributed by atoms with E-state index in [1.807, 2.05) is 0 Å². The average Bonchev–Trinajstić information content (AvgIpc) is 2.86. The third-order valence-corrected chi connectivity index (χ3v) is 3.57. The molecule has 0 radical (unpaired) electrons. The number of nitrogens with zero attached hydrogens (tertiary/aromatic N) is 3. The van der Waals surface area contributed by atoms with Gasteiger partial charge in [-0.05, 0) is 33.6 Å². The van der Waals surface area contributed by atoms with E-state index in [0.717, 1.165) is 9.15 Å². The van der Waals surface area contributed by atoms with Crippen molar-refractivity contribution in [2.45, 2.75) is 6.54 Å². The van der Waals surface area contributed by atoms with Crippen molar-refractivity contribution in [3.8, 4) is 11.4 Å². The van der Waals surface area contributed by atoms with Crippen LogP contribution in [0, 0.1) is 0 Å². The summed E-state index contributed by atoms with van der Waals surface area (Å²) in [5.41, 5.74) is 5.88. The summed E-state index contributed by atoms with van der Waals surface area (Å²) in [6.45, 7) is 0.0500. The Bertz CT molecular complexity index is 723. The molecule has 0 atom stereocenters. The van der Waals surface area contributed by atoms with E-state index in [4.69, 9.17) is 10.5 Å². The van der Waals surface area contributed by atoms with E-state index in [-0.39, 0.29) is 24.4 Å². The highest BCUT2D eigenvalue weighted by Crippen LogP contribution is 2.26. The summed E-state index contributed by atoms with van der Waals surface area (Å²) in [7, 11) is 1.54. The molecule has 0 amide bonds. The van der Waals surface area contributed by atoms with E-state index in [9.17, 15) is 9.18 Å². The number of aromatic nitrogens is 3. The number of rotatable bonds is 5. The Morgan fingerprint density at radius 1 is 1.57 bits per heavy atom. The Morgan fingerprint density at radius 2 is 2.33 bits per heavy atom. The van der Waals surface area contributed by atoms with Gasteiger partial charge in [-0.1, -0.05) is 0 Å². The van der Waals surface area contributed by atoms with Crippen molar-refractivity contribution in [3.05, 3.63) is 51.4 Å². The molecule has 1 aromatic heterocycles. The summed E-state index contributed by atoms with van der Waals surface area (Å²) in [5.74, 6) is 0.596. The van der Waals surface area contributed by atoms with E-state index in [1.165, 1.54) is 18.0 Å². The maximum atomic E-state index is 12.5. The minimum atomic E-state index is -0.382. The van der Waals surface area contributed by atoms with Crippen molar-refractivity contribution < 1.29 is 9.13 Å². The second-order valence-corrected chi connectivity index (χ2v) is 5.09. The molecular weight excluding hydrogens is 343 g/mol. The highest BCUT2D eigenvalue weighted by molar-refractivity contribution is 9.10. The van der Waals surface area contributed by atoms with Crippen LogP contribution in [0.15, 0.2) is 45.7 Å². The highest BCUT2D eigenvalue weighted by atomic mass is 79.9. The quantitative estimate of drug-likeness (QED) is 0.883. The van der Waals surface area contributed by atoms with Gasteiger partial charge in [-0.2, -0.15) is 5.10 Å². The SMILES string of the molecule is COc1cc(-n2cnn(C/C(=C/F)CN)c2=O)ccc1Br. The van der Waals surface area contributed by atoms with E-state index in [0.29, 0.717) is 17.8 Å². The van der Waals surface area contributed by atoms with Gasteiger partial charge in [0.2, 0.25) is 0 Å². The smallest absolute Gasteiger partial charge is 0.350 e. The standard InChI is InChI=1S/C13H14BrFN4O2/c1-21-12-4-10(2-3-11(12)14)18-8-17-19(13(18)20)7-9(5-15)6-16/h2-5,8H,6-7,16H2,1H3/b9-5+. The molecular formula is C13H14BrFN4O2. The summed E-state index contributed by atoms with van der Waals surface area (Å²) < 4.78 is 21.0. The van der Waals surface area contributed by atoms with Crippen LogP contribution in [0.4, 0.5) is 4.39 Å². The normalized spacial score (nSPS) is 11.7. The van der Waals surface area contributed by atoms with Gasteiger partial charge in [0, 0.05) is 12.6 Å². The van der Waals surface area contributed by atoms with E-state index < -0.39 is 0 Å². The van der Waals surface area contributed by atoms with Crippen LogP contribution in [-0.2, 0) is 6.54 Å². The van der Waals surface area contributed by atoms with Crippen molar-refractivity contribution in [1.29, 1.82) is 0 Å². The molecule has 0 aliphatic carbocycles. The largest absolute Gasteiger partial charge is 0.495 e. The van der Waals surface area contributed by atoms with Gasteiger partial charge in [0.1, 0.15) is 12.1 Å². The predicted molar refractivity (Wildman–Crippen MR) is 80.3 cm³/mol. The minimum absolute atomic E-state index is 0.0203. The average molecular weight is 357 g/mol. The first-order valence-corrected chi connectivity index (χ1v) is 6.86. The zero-order valence-corrected chi connectivity index (χ0v) is 12.9. The van der Waals surface area contributed by atoms with E-state index in [1.54, 1.807) is 18.2 Å². The first-order chi connectivity index (χ1) is 10.1. The molecule has 0 saturated carbocycles. The van der Waals surface area contributed by atoms with Crippen molar-refractivity contribution >= 4 is 15.9 Å². The summed E-state index contributed by atoms with van der Waals surface area (Å²) >= 11 is 3.34. The molecule has 0 aliphatic rings. The van der Waals surface area contributed by atoms with Gasteiger partial charge < -0.3 is 10.5 Å². The van der Waals surface area contributed by atoms with Crippen molar-refractivity contribution in [3.63, 3.8) is 0 Å². The van der Waals surface area contributed by atoms with Crippen LogP contribution in [0.1, 0.15) is 0 Å². The number of benzene rings is 1. The summed E-state index contributed by atoms with van der Waals surface area (Å²) in [5, 5.41) is 3.96. The van der Waals surface area contributed by atoms with Gasteiger partial charge in [0.15, 0.2) is 0 Å². The number of hydrogen-bond acceptors (Lipinski definition) is 4. The van der Waals surface area contributed by atoms with Crippen LogP contribution >= 0.6 is 15.9 Å². The molecule has 0 unspecified atom stereocenters. The summed E-state index contributed by atoms with van der Waals surface area (Å²) in [6.07, 6.45) is 1.77. The van der Waals surface area contributed by atoms with E-state index in [2.05, 4.69) is 21.0 Å². The van der Waals surface area contributed by atoms with Gasteiger partial charge >= 0.3 is 5.69 Å². The lowest BCUT2D eigenvalue weighted by molar-refractivity contribution is 0.412. The molecule has 2 aromatic rings. The Kier molecular flexibility index (Phi) is 4.92. The lowest BCUT2D eigenvalue weighted by atomic mass is 10.3. The number of methoxy groups -OCH3 is 1. The molecule has 0 saturated heterocycles. The monoisotopic (exact) mass is 356 g/mol. The lowest BCUT2D eigenvalue weighted by Gasteiger charge is -2.06.